The molecule has 34 heavy (non-hydrogen) atoms. The lowest BCUT2D eigenvalue weighted by Gasteiger charge is -2.29. The fourth-order valence-electron chi connectivity index (χ4n) is 4.08. The van der Waals surface area contributed by atoms with E-state index in [1.54, 1.807) is 0 Å². The van der Waals surface area contributed by atoms with E-state index in [4.69, 9.17) is 9.47 Å². The molecule has 1 saturated heterocycles. The van der Waals surface area contributed by atoms with Gasteiger partial charge in [-0.15, -0.1) is 11.8 Å². The monoisotopic (exact) mass is 481 g/mol. The van der Waals surface area contributed by atoms with Crippen LogP contribution in [0.15, 0.2) is 71.5 Å². The van der Waals surface area contributed by atoms with E-state index in [0.29, 0.717) is 6.73 Å². The lowest BCUT2D eigenvalue weighted by Crippen LogP contribution is -2.39. The molecule has 0 unspecified atom stereocenters. The highest BCUT2D eigenvalue weighted by atomic mass is 32.2. The van der Waals surface area contributed by atoms with E-state index in [-0.39, 0.29) is 0 Å². The van der Waals surface area contributed by atoms with E-state index in [2.05, 4.69) is 64.2 Å². The van der Waals surface area contributed by atoms with E-state index >= 15 is 0 Å². The number of pyridine rings is 1. The second kappa shape index (κ2) is 15.0. The molecule has 1 fully saturated rings. The van der Waals surface area contributed by atoms with Crippen molar-refractivity contribution in [2.45, 2.75) is 32.1 Å². The Morgan fingerprint density at radius 2 is 1.79 bits per heavy atom. The van der Waals surface area contributed by atoms with Crippen molar-refractivity contribution in [3.05, 3.63) is 77.8 Å². The van der Waals surface area contributed by atoms with Gasteiger partial charge in [0.25, 0.3) is 0 Å². The summed E-state index contributed by atoms with van der Waals surface area (Å²) < 4.78 is 11.3. The summed E-state index contributed by atoms with van der Waals surface area (Å²) in [6.07, 6.45) is 7.24. The van der Waals surface area contributed by atoms with Gasteiger partial charge in [0.1, 0.15) is 6.73 Å². The maximum Gasteiger partial charge on any atom is 0.141 e. The molecule has 6 heteroatoms. The lowest BCUT2D eigenvalue weighted by atomic mass is 10.0. The molecule has 0 saturated carbocycles. The molecule has 0 aliphatic carbocycles. The molecule has 0 bridgehead atoms. The predicted molar refractivity (Wildman–Crippen MR) is 143 cm³/mol. The Bertz CT molecular complexity index is 911. The van der Waals surface area contributed by atoms with Gasteiger partial charge < -0.3 is 9.47 Å². The van der Waals surface area contributed by atoms with Crippen molar-refractivity contribution in [2.24, 2.45) is 0 Å². The zero-order chi connectivity index (χ0) is 24.0. The molecule has 4 rings (SSSR count). The van der Waals surface area contributed by atoms with Crippen LogP contribution < -0.4 is 0 Å². The van der Waals surface area contributed by atoms with Gasteiger partial charge in [-0.2, -0.15) is 0 Å². The predicted octanol–water partition coefficient (Wildman–Crippen LogP) is 5.49. The second-order valence-electron chi connectivity index (χ2n) is 8.26. The zero-order valence-corrected chi connectivity index (χ0v) is 21.7. The van der Waals surface area contributed by atoms with E-state index in [1.165, 1.54) is 21.6 Å². The number of nitrogens with zero attached hydrogens (tertiary/aromatic N) is 3. The molecule has 184 valence electrons. The van der Waals surface area contributed by atoms with Crippen molar-refractivity contribution in [3.8, 4) is 0 Å². The summed E-state index contributed by atoms with van der Waals surface area (Å²) in [7, 11) is 0. The largest absolute Gasteiger partial charge is 0.485 e. The van der Waals surface area contributed by atoms with Crippen LogP contribution in [0, 0.1) is 6.92 Å². The van der Waals surface area contributed by atoms with Crippen LogP contribution in [0.2, 0.25) is 0 Å². The summed E-state index contributed by atoms with van der Waals surface area (Å²) >= 11 is 1.86. The zero-order valence-electron chi connectivity index (χ0n) is 20.9. The highest BCUT2D eigenvalue weighted by Crippen LogP contribution is 2.28. The molecule has 1 aromatic heterocycles. The SMILES string of the molecule is CC.Cc1ncccc1/C(=C\C1=COCN(CCCN2CCOCC2)C1)CSc1ccccc1. The first-order chi connectivity index (χ1) is 16.8. The highest BCUT2D eigenvalue weighted by Gasteiger charge is 2.16. The van der Waals surface area contributed by atoms with Crippen LogP contribution in [0.5, 0.6) is 0 Å². The molecule has 2 aliphatic heterocycles. The number of hydrogen-bond acceptors (Lipinski definition) is 6. The molecule has 0 radical (unpaired) electrons. The van der Waals surface area contributed by atoms with Gasteiger partial charge in [0.2, 0.25) is 0 Å². The minimum absolute atomic E-state index is 0.667. The van der Waals surface area contributed by atoms with Gasteiger partial charge in [0.15, 0.2) is 0 Å². The van der Waals surface area contributed by atoms with Crippen LogP contribution >= 0.6 is 11.8 Å². The van der Waals surface area contributed by atoms with Crippen molar-refractivity contribution in [3.63, 3.8) is 0 Å². The van der Waals surface area contributed by atoms with Crippen LogP contribution in [-0.2, 0) is 9.47 Å². The first-order valence-electron chi connectivity index (χ1n) is 12.4. The Hall–Kier alpha value is -2.12. The smallest absolute Gasteiger partial charge is 0.141 e. The van der Waals surface area contributed by atoms with Gasteiger partial charge >= 0.3 is 0 Å². The molecule has 0 spiro atoms. The quantitative estimate of drug-likeness (QED) is 0.441. The number of aromatic nitrogens is 1. The normalized spacial score (nSPS) is 17.4. The third-order valence-corrected chi connectivity index (χ3v) is 6.86. The van der Waals surface area contributed by atoms with Gasteiger partial charge in [-0.25, -0.2) is 0 Å². The Morgan fingerprint density at radius 3 is 2.56 bits per heavy atom. The average Bonchev–Trinajstić information content (AvgIpc) is 2.90. The average molecular weight is 482 g/mol. The van der Waals surface area contributed by atoms with Gasteiger partial charge in [-0.05, 0) is 55.3 Å². The number of ether oxygens (including phenoxy) is 2. The summed E-state index contributed by atoms with van der Waals surface area (Å²) in [5, 5.41) is 0. The topological polar surface area (TPSA) is 37.8 Å². The molecule has 0 amide bonds. The summed E-state index contributed by atoms with van der Waals surface area (Å²) in [4.78, 5) is 10.7. The maximum absolute atomic E-state index is 5.83. The van der Waals surface area contributed by atoms with Gasteiger partial charge in [0.05, 0.1) is 19.5 Å². The van der Waals surface area contributed by atoms with E-state index in [0.717, 1.165) is 63.8 Å². The summed E-state index contributed by atoms with van der Waals surface area (Å²) in [6.45, 7) is 13.7. The van der Waals surface area contributed by atoms with Crippen LogP contribution in [0.3, 0.4) is 0 Å². The molecule has 2 aromatic rings. The molecular formula is C28H39N3O2S. The molecule has 5 nitrogen and oxygen atoms in total. The molecule has 2 aliphatic rings. The van der Waals surface area contributed by atoms with Gasteiger partial charge in [-0.1, -0.05) is 38.1 Å². The van der Waals surface area contributed by atoms with Crippen LogP contribution in [0.25, 0.3) is 5.57 Å². The van der Waals surface area contributed by atoms with Crippen LogP contribution in [0.1, 0.15) is 31.5 Å². The number of aryl methyl sites for hydroxylation is 1. The minimum atomic E-state index is 0.667. The third-order valence-electron chi connectivity index (χ3n) is 5.80. The summed E-state index contributed by atoms with van der Waals surface area (Å²) in [5.74, 6) is 0.894. The minimum Gasteiger partial charge on any atom is -0.485 e. The number of benzene rings is 1. The molecule has 1 aromatic carbocycles. The Morgan fingerprint density at radius 1 is 1.03 bits per heavy atom. The number of thioether (sulfide) groups is 1. The molecule has 0 atom stereocenters. The van der Waals surface area contributed by atoms with E-state index in [9.17, 15) is 0 Å². The van der Waals surface area contributed by atoms with E-state index < -0.39 is 0 Å². The molecular weight excluding hydrogens is 442 g/mol. The van der Waals surface area contributed by atoms with Crippen LogP contribution in [-0.4, -0.2) is 73.2 Å². The van der Waals surface area contributed by atoms with Crippen molar-refractivity contribution < 1.29 is 9.47 Å². The summed E-state index contributed by atoms with van der Waals surface area (Å²) in [5.41, 5.74) is 4.78. The first kappa shape index (κ1) is 26.5. The van der Waals surface area contributed by atoms with Crippen molar-refractivity contribution >= 4 is 17.3 Å². The third kappa shape index (κ3) is 8.58. The molecule has 0 N–H and O–H groups in total. The Balaban J connectivity index is 0.00000158. The van der Waals surface area contributed by atoms with Gasteiger partial charge in [0, 0.05) is 54.3 Å². The van der Waals surface area contributed by atoms with E-state index in [1.807, 2.05) is 44.1 Å². The lowest BCUT2D eigenvalue weighted by molar-refractivity contribution is 0.0323. The summed E-state index contributed by atoms with van der Waals surface area (Å²) in [6, 6.07) is 14.8. The van der Waals surface area contributed by atoms with Crippen molar-refractivity contribution in [1.29, 1.82) is 0 Å². The highest BCUT2D eigenvalue weighted by molar-refractivity contribution is 7.99. The maximum atomic E-state index is 5.83. The fraction of sp³-hybridized carbons (Fsp3) is 0.464. The number of rotatable bonds is 9. The standard InChI is InChI=1S/C26H33N3O2S.C2H6/c1-22-26(9-5-10-27-22)24(20-32-25-7-3-2-4-8-25)17-23-18-29(21-31-19-23)12-6-11-28-13-15-30-16-14-28;1-2/h2-5,7-10,17,19H,6,11-16,18,20-21H2,1H3;1-2H3/b24-17-;. The number of morpholine rings is 1. The molecule has 3 heterocycles. The first-order valence-corrected chi connectivity index (χ1v) is 13.4. The number of hydrogen-bond donors (Lipinski definition) is 0. The van der Waals surface area contributed by atoms with Crippen LogP contribution in [0.4, 0.5) is 0 Å². The van der Waals surface area contributed by atoms with Crippen molar-refractivity contribution in [2.75, 3.05) is 58.4 Å². The fourth-order valence-corrected chi connectivity index (χ4v) is 4.99. The second-order valence-corrected chi connectivity index (χ2v) is 9.31. The Kier molecular flexibility index (Phi) is 11.7. The Labute approximate surface area is 209 Å². The van der Waals surface area contributed by atoms with Crippen molar-refractivity contribution in [1.82, 2.24) is 14.8 Å². The van der Waals surface area contributed by atoms with Gasteiger partial charge in [-0.3, -0.25) is 14.8 Å².